The van der Waals surface area contributed by atoms with Crippen LogP contribution in [-0.4, -0.2) is 34.2 Å². The molecule has 0 aliphatic rings. The summed E-state index contributed by atoms with van der Waals surface area (Å²) in [5.74, 6) is -3.10. The van der Waals surface area contributed by atoms with E-state index in [1.54, 1.807) is 4.90 Å². The lowest BCUT2D eigenvalue weighted by molar-refractivity contribution is -0.151. The molecule has 130 valence electrons. The Morgan fingerprint density at radius 3 is 1.96 bits per heavy atom. The quantitative estimate of drug-likeness (QED) is 0.563. The Balaban J connectivity index is 1.99. The molecule has 0 aliphatic heterocycles. The number of carbonyl (C=O) groups is 3. The van der Waals surface area contributed by atoms with Crippen LogP contribution in [0, 0.1) is 0 Å². The zero-order valence-electron chi connectivity index (χ0n) is 13.9. The van der Waals surface area contributed by atoms with E-state index in [-0.39, 0.29) is 0 Å². The summed E-state index contributed by atoms with van der Waals surface area (Å²) in [7, 11) is 0. The van der Waals surface area contributed by atoms with Gasteiger partial charge in [0, 0.05) is 13.1 Å². The molecule has 0 saturated carbocycles. The Labute approximate surface area is 146 Å². The van der Waals surface area contributed by atoms with Crippen LogP contribution in [0.15, 0.2) is 60.7 Å². The third-order valence-corrected chi connectivity index (χ3v) is 3.86. The van der Waals surface area contributed by atoms with Crippen LogP contribution in [0.3, 0.4) is 0 Å². The van der Waals surface area contributed by atoms with E-state index in [0.29, 0.717) is 13.1 Å². The summed E-state index contributed by atoms with van der Waals surface area (Å²) in [6.07, 6.45) is 0.948. The lowest BCUT2D eigenvalue weighted by atomic mass is 10.1. The van der Waals surface area contributed by atoms with Crippen LogP contribution < -0.4 is 0 Å². The van der Waals surface area contributed by atoms with Crippen LogP contribution >= 0.6 is 0 Å². The third-order valence-electron chi connectivity index (χ3n) is 3.86. The average molecular weight is 339 g/mol. The molecule has 0 radical (unpaired) electrons. The van der Waals surface area contributed by atoms with Crippen LogP contribution in [0.25, 0.3) is 0 Å². The monoisotopic (exact) mass is 339 g/mol. The number of rotatable bonds is 9. The van der Waals surface area contributed by atoms with E-state index in [9.17, 15) is 14.4 Å². The normalized spacial score (nSPS) is 10.2. The number of benzene rings is 2. The molecule has 2 aromatic carbocycles. The molecule has 0 bridgehead atoms. The summed E-state index contributed by atoms with van der Waals surface area (Å²) < 4.78 is 0. The van der Waals surface area contributed by atoms with Crippen molar-refractivity contribution in [2.24, 2.45) is 0 Å². The van der Waals surface area contributed by atoms with Crippen molar-refractivity contribution in [1.82, 2.24) is 4.90 Å². The first-order valence-electron chi connectivity index (χ1n) is 8.18. The van der Waals surface area contributed by atoms with Crippen LogP contribution in [0.5, 0.6) is 0 Å². The number of Topliss-reactive ketones (excluding diaryl/α,β-unsaturated/α-hetero) is 1. The number of amides is 1. The van der Waals surface area contributed by atoms with E-state index in [0.717, 1.165) is 18.4 Å². The van der Waals surface area contributed by atoms with Crippen LogP contribution in [-0.2, 0) is 27.3 Å². The van der Waals surface area contributed by atoms with Gasteiger partial charge in [-0.25, -0.2) is 4.79 Å². The maximum Gasteiger partial charge on any atom is 0.372 e. The fourth-order valence-electron chi connectivity index (χ4n) is 2.54. The highest BCUT2D eigenvalue weighted by Gasteiger charge is 2.21. The van der Waals surface area contributed by atoms with Gasteiger partial charge in [-0.15, -0.1) is 0 Å². The molecule has 1 N–H and O–H groups in total. The summed E-state index contributed by atoms with van der Waals surface area (Å²) >= 11 is 0. The highest BCUT2D eigenvalue weighted by molar-refractivity contribution is 6.36. The zero-order valence-corrected chi connectivity index (χ0v) is 13.9. The molecule has 0 fully saturated rings. The predicted molar refractivity (Wildman–Crippen MR) is 93.9 cm³/mol. The minimum absolute atomic E-state index is 0.362. The van der Waals surface area contributed by atoms with Crippen molar-refractivity contribution in [3.63, 3.8) is 0 Å². The minimum Gasteiger partial charge on any atom is -0.475 e. The number of aryl methyl sites for hydroxylation is 1. The summed E-state index contributed by atoms with van der Waals surface area (Å²) in [6, 6.07) is 19.4. The molecule has 0 atom stereocenters. The number of carboxylic acid groups (broad SMARTS) is 1. The Bertz CT molecular complexity index is 713. The number of nitrogens with zero attached hydrogens (tertiary/aromatic N) is 1. The largest absolute Gasteiger partial charge is 0.475 e. The fourth-order valence-corrected chi connectivity index (χ4v) is 2.54. The summed E-state index contributed by atoms with van der Waals surface area (Å²) in [6.45, 7) is 0.830. The van der Waals surface area contributed by atoms with Crippen molar-refractivity contribution >= 4 is 17.7 Å². The minimum atomic E-state index is -1.57. The molecule has 0 aliphatic carbocycles. The molecule has 25 heavy (non-hydrogen) atoms. The van der Waals surface area contributed by atoms with Gasteiger partial charge in [0.15, 0.2) is 0 Å². The molecular formula is C20H21NO4. The van der Waals surface area contributed by atoms with Crippen LogP contribution in [0.4, 0.5) is 0 Å². The van der Waals surface area contributed by atoms with Crippen molar-refractivity contribution in [2.45, 2.75) is 25.8 Å². The number of aliphatic carboxylic acids is 1. The Morgan fingerprint density at radius 1 is 0.840 bits per heavy atom. The van der Waals surface area contributed by atoms with Gasteiger partial charge in [-0.05, 0) is 24.0 Å². The Kier molecular flexibility index (Phi) is 6.89. The molecular weight excluding hydrogens is 318 g/mol. The lowest BCUT2D eigenvalue weighted by Crippen LogP contribution is -2.34. The van der Waals surface area contributed by atoms with Crippen molar-refractivity contribution < 1.29 is 19.5 Å². The molecule has 5 nitrogen and oxygen atoms in total. The second-order valence-electron chi connectivity index (χ2n) is 5.80. The zero-order chi connectivity index (χ0) is 18.1. The van der Waals surface area contributed by atoms with E-state index in [2.05, 4.69) is 0 Å². The smallest absolute Gasteiger partial charge is 0.372 e. The molecule has 0 saturated heterocycles. The highest BCUT2D eigenvalue weighted by atomic mass is 16.4. The van der Waals surface area contributed by atoms with Gasteiger partial charge >= 0.3 is 5.97 Å². The third kappa shape index (κ3) is 6.22. The SMILES string of the molecule is O=C(O)C(=O)CC(=O)N(CCCc1ccccc1)Cc1ccccc1. The molecule has 0 unspecified atom stereocenters. The summed E-state index contributed by atoms with van der Waals surface area (Å²) in [5, 5.41) is 8.71. The van der Waals surface area contributed by atoms with E-state index in [1.807, 2.05) is 60.7 Å². The second-order valence-corrected chi connectivity index (χ2v) is 5.80. The highest BCUT2D eigenvalue weighted by Crippen LogP contribution is 2.10. The fraction of sp³-hybridized carbons (Fsp3) is 0.250. The van der Waals surface area contributed by atoms with Crippen LogP contribution in [0.2, 0.25) is 0 Å². The predicted octanol–water partition coefficient (Wildman–Crippen LogP) is 2.69. The van der Waals surface area contributed by atoms with Gasteiger partial charge < -0.3 is 10.0 Å². The molecule has 2 aromatic rings. The van der Waals surface area contributed by atoms with Gasteiger partial charge in [-0.3, -0.25) is 9.59 Å². The average Bonchev–Trinajstić information content (AvgIpc) is 2.62. The summed E-state index contributed by atoms with van der Waals surface area (Å²) in [5.41, 5.74) is 2.12. The summed E-state index contributed by atoms with van der Waals surface area (Å²) in [4.78, 5) is 36.0. The van der Waals surface area contributed by atoms with Crippen molar-refractivity contribution in [2.75, 3.05) is 6.54 Å². The molecule has 0 aromatic heterocycles. The standard InChI is InChI=1S/C20H21NO4/c22-18(20(24)25)14-19(23)21(15-17-10-5-2-6-11-17)13-7-12-16-8-3-1-4-9-16/h1-6,8-11H,7,12-15H2,(H,24,25). The Hall–Kier alpha value is -2.95. The molecule has 1 amide bonds. The first kappa shape index (κ1) is 18.4. The van der Waals surface area contributed by atoms with Gasteiger partial charge in [0.25, 0.3) is 0 Å². The number of hydrogen-bond donors (Lipinski definition) is 1. The second kappa shape index (κ2) is 9.37. The topological polar surface area (TPSA) is 74.7 Å². The first-order valence-corrected chi connectivity index (χ1v) is 8.18. The van der Waals surface area contributed by atoms with Crippen molar-refractivity contribution in [3.8, 4) is 0 Å². The van der Waals surface area contributed by atoms with Gasteiger partial charge in [0.05, 0.1) is 6.42 Å². The first-order chi connectivity index (χ1) is 12.1. The van der Waals surface area contributed by atoms with Gasteiger partial charge in [0.1, 0.15) is 0 Å². The van der Waals surface area contributed by atoms with Gasteiger partial charge in [0.2, 0.25) is 11.7 Å². The van der Waals surface area contributed by atoms with E-state index >= 15 is 0 Å². The number of hydrogen-bond acceptors (Lipinski definition) is 3. The van der Waals surface area contributed by atoms with Crippen LogP contribution in [0.1, 0.15) is 24.0 Å². The van der Waals surface area contributed by atoms with E-state index < -0.39 is 24.1 Å². The maximum atomic E-state index is 12.3. The van der Waals surface area contributed by atoms with E-state index in [1.165, 1.54) is 5.56 Å². The number of carboxylic acids is 1. The van der Waals surface area contributed by atoms with Crippen molar-refractivity contribution in [1.29, 1.82) is 0 Å². The molecule has 0 spiro atoms. The number of carbonyl (C=O) groups excluding carboxylic acids is 2. The Morgan fingerprint density at radius 2 is 1.40 bits per heavy atom. The lowest BCUT2D eigenvalue weighted by Gasteiger charge is -2.22. The van der Waals surface area contributed by atoms with Gasteiger partial charge in [-0.2, -0.15) is 0 Å². The number of ketones is 1. The van der Waals surface area contributed by atoms with E-state index in [4.69, 9.17) is 5.11 Å². The van der Waals surface area contributed by atoms with Gasteiger partial charge in [-0.1, -0.05) is 60.7 Å². The molecule has 0 heterocycles. The molecule has 2 rings (SSSR count). The van der Waals surface area contributed by atoms with Crippen molar-refractivity contribution in [3.05, 3.63) is 71.8 Å². The molecule has 5 heteroatoms. The maximum absolute atomic E-state index is 12.3.